The van der Waals surface area contributed by atoms with Crippen molar-refractivity contribution < 1.29 is 24.0 Å². The lowest BCUT2D eigenvalue weighted by molar-refractivity contribution is -0.384. The number of nitrogens with zero attached hydrogens (tertiary/aromatic N) is 2. The van der Waals surface area contributed by atoms with E-state index in [-0.39, 0.29) is 29.9 Å². The number of hydrogen-bond donors (Lipinski definition) is 2. The third-order valence-electron chi connectivity index (χ3n) is 4.45. The Morgan fingerprint density at radius 3 is 2.43 bits per heavy atom. The molecule has 0 aromatic heterocycles. The molecular weight excluding hydrogens is 472 g/mol. The smallest absolute Gasteiger partial charge is 0.269 e. The summed E-state index contributed by atoms with van der Waals surface area (Å²) in [4.78, 5) is 35.0. The van der Waals surface area contributed by atoms with Crippen molar-refractivity contribution in [3.8, 4) is 11.5 Å². The number of nitro benzene ring substituents is 1. The van der Waals surface area contributed by atoms with Gasteiger partial charge in [-0.05, 0) is 54.1 Å². The van der Waals surface area contributed by atoms with Gasteiger partial charge in [-0.2, -0.15) is 5.10 Å². The number of amides is 2. The average molecular weight is 495 g/mol. The van der Waals surface area contributed by atoms with Crippen LogP contribution in [0.1, 0.15) is 5.56 Å². The predicted molar refractivity (Wildman–Crippen MR) is 133 cm³/mol. The highest BCUT2D eigenvalue weighted by atomic mass is 32.2. The molecule has 0 radical (unpaired) electrons. The van der Waals surface area contributed by atoms with Gasteiger partial charge in [-0.3, -0.25) is 19.7 Å². The van der Waals surface area contributed by atoms with Gasteiger partial charge in [0.25, 0.3) is 11.6 Å². The van der Waals surface area contributed by atoms with E-state index in [1.807, 2.05) is 6.07 Å². The molecule has 0 saturated carbocycles. The average Bonchev–Trinajstić information content (AvgIpc) is 2.87. The van der Waals surface area contributed by atoms with Crippen LogP contribution in [0.5, 0.6) is 11.5 Å². The SMILES string of the molecule is COc1ccccc1NC(=O)COc1ccc(/C=N\NC(=O)CSc2ccc([N+](=O)[O-])cc2)cc1. The highest BCUT2D eigenvalue weighted by Crippen LogP contribution is 2.23. The molecule has 35 heavy (non-hydrogen) atoms. The molecule has 180 valence electrons. The lowest BCUT2D eigenvalue weighted by Crippen LogP contribution is -2.20. The number of benzene rings is 3. The van der Waals surface area contributed by atoms with Crippen molar-refractivity contribution in [1.82, 2.24) is 5.43 Å². The van der Waals surface area contributed by atoms with Crippen molar-refractivity contribution in [3.05, 3.63) is 88.5 Å². The number of non-ortho nitro benzene ring substituents is 1. The molecular formula is C24H22N4O6S. The minimum Gasteiger partial charge on any atom is -0.495 e. The maximum Gasteiger partial charge on any atom is 0.269 e. The minimum absolute atomic E-state index is 0.00376. The summed E-state index contributed by atoms with van der Waals surface area (Å²) in [5, 5.41) is 17.3. The minimum atomic E-state index is -0.477. The summed E-state index contributed by atoms with van der Waals surface area (Å²) < 4.78 is 10.7. The normalized spacial score (nSPS) is 10.5. The van der Waals surface area contributed by atoms with Crippen LogP contribution in [0.25, 0.3) is 0 Å². The number of anilines is 1. The molecule has 0 bridgehead atoms. The van der Waals surface area contributed by atoms with Crippen LogP contribution in [0.3, 0.4) is 0 Å². The number of para-hydroxylation sites is 2. The maximum atomic E-state index is 12.1. The van der Waals surface area contributed by atoms with Gasteiger partial charge < -0.3 is 14.8 Å². The second kappa shape index (κ2) is 12.8. The fraction of sp³-hybridized carbons (Fsp3) is 0.125. The van der Waals surface area contributed by atoms with Crippen molar-refractivity contribution in [2.24, 2.45) is 5.10 Å². The second-order valence-electron chi connectivity index (χ2n) is 6.94. The fourth-order valence-electron chi connectivity index (χ4n) is 2.76. The Morgan fingerprint density at radius 1 is 1.03 bits per heavy atom. The van der Waals surface area contributed by atoms with Gasteiger partial charge in [0.15, 0.2) is 6.61 Å². The summed E-state index contributed by atoms with van der Waals surface area (Å²) in [5.74, 6) is 0.529. The first kappa shape index (κ1) is 25.2. The van der Waals surface area contributed by atoms with E-state index in [4.69, 9.17) is 9.47 Å². The number of methoxy groups -OCH3 is 1. The summed E-state index contributed by atoms with van der Waals surface area (Å²) in [5.41, 5.74) is 3.70. The van der Waals surface area contributed by atoms with E-state index in [1.165, 1.54) is 37.2 Å². The van der Waals surface area contributed by atoms with Gasteiger partial charge >= 0.3 is 0 Å². The van der Waals surface area contributed by atoms with Gasteiger partial charge in [-0.25, -0.2) is 5.43 Å². The van der Waals surface area contributed by atoms with Gasteiger partial charge in [0.1, 0.15) is 11.5 Å². The van der Waals surface area contributed by atoms with Crippen molar-refractivity contribution in [2.45, 2.75) is 4.90 Å². The number of ether oxygens (including phenoxy) is 2. The van der Waals surface area contributed by atoms with E-state index in [2.05, 4.69) is 15.8 Å². The summed E-state index contributed by atoms with van der Waals surface area (Å²) in [6.45, 7) is -0.173. The van der Waals surface area contributed by atoms with Gasteiger partial charge in [-0.1, -0.05) is 12.1 Å². The maximum absolute atomic E-state index is 12.1. The predicted octanol–water partition coefficient (Wildman–Crippen LogP) is 3.86. The molecule has 3 rings (SSSR count). The molecule has 0 spiro atoms. The quantitative estimate of drug-likeness (QED) is 0.179. The van der Waals surface area contributed by atoms with Crippen molar-refractivity contribution >= 4 is 41.2 Å². The largest absolute Gasteiger partial charge is 0.495 e. The van der Waals surface area contributed by atoms with E-state index >= 15 is 0 Å². The highest BCUT2D eigenvalue weighted by Gasteiger charge is 2.08. The van der Waals surface area contributed by atoms with Crippen LogP contribution in [0.15, 0.2) is 82.8 Å². The summed E-state index contributed by atoms with van der Waals surface area (Å²) in [6.07, 6.45) is 1.48. The number of hydrogen-bond acceptors (Lipinski definition) is 8. The molecule has 11 heteroatoms. The van der Waals surface area contributed by atoms with E-state index in [1.54, 1.807) is 54.6 Å². The van der Waals surface area contributed by atoms with Crippen LogP contribution >= 0.6 is 11.8 Å². The number of nitrogens with one attached hydrogen (secondary N) is 2. The Bertz CT molecular complexity index is 1200. The van der Waals surface area contributed by atoms with Crippen LogP contribution in [0.2, 0.25) is 0 Å². The first-order chi connectivity index (χ1) is 16.9. The van der Waals surface area contributed by atoms with Crippen molar-refractivity contribution in [2.75, 3.05) is 24.8 Å². The van der Waals surface area contributed by atoms with E-state index < -0.39 is 4.92 Å². The van der Waals surface area contributed by atoms with Gasteiger partial charge in [0.2, 0.25) is 5.91 Å². The lowest BCUT2D eigenvalue weighted by Gasteiger charge is -2.10. The number of rotatable bonds is 11. The van der Waals surface area contributed by atoms with E-state index in [9.17, 15) is 19.7 Å². The number of carbonyl (C=O) groups excluding carboxylic acids is 2. The molecule has 10 nitrogen and oxygen atoms in total. The molecule has 2 amide bonds. The van der Waals surface area contributed by atoms with Crippen LogP contribution in [-0.4, -0.2) is 42.4 Å². The Labute approximate surface area is 205 Å². The lowest BCUT2D eigenvalue weighted by atomic mass is 10.2. The summed E-state index contributed by atoms with van der Waals surface area (Å²) >= 11 is 1.24. The van der Waals surface area contributed by atoms with Crippen LogP contribution in [0, 0.1) is 10.1 Å². The zero-order valence-electron chi connectivity index (χ0n) is 18.7. The van der Waals surface area contributed by atoms with Crippen molar-refractivity contribution in [3.63, 3.8) is 0 Å². The van der Waals surface area contributed by atoms with Gasteiger partial charge in [-0.15, -0.1) is 11.8 Å². The Kier molecular flexibility index (Phi) is 9.20. The molecule has 0 unspecified atom stereocenters. The second-order valence-corrected chi connectivity index (χ2v) is 7.99. The molecule has 0 saturated heterocycles. The van der Waals surface area contributed by atoms with Crippen LogP contribution in [0.4, 0.5) is 11.4 Å². The Balaban J connectivity index is 1.39. The molecule has 0 fully saturated rings. The molecule has 3 aromatic carbocycles. The number of thioether (sulfide) groups is 1. The number of hydrazone groups is 1. The molecule has 0 heterocycles. The first-order valence-corrected chi connectivity index (χ1v) is 11.3. The highest BCUT2D eigenvalue weighted by molar-refractivity contribution is 8.00. The Morgan fingerprint density at radius 2 is 1.74 bits per heavy atom. The van der Waals surface area contributed by atoms with E-state index in [0.29, 0.717) is 17.2 Å². The fourth-order valence-corrected chi connectivity index (χ4v) is 3.45. The third kappa shape index (κ3) is 8.16. The van der Waals surface area contributed by atoms with Gasteiger partial charge in [0, 0.05) is 17.0 Å². The molecule has 0 aliphatic rings. The first-order valence-electron chi connectivity index (χ1n) is 10.3. The standard InChI is InChI=1S/C24H22N4O6S/c1-33-22-5-3-2-4-21(22)26-23(29)15-34-19-10-6-17(7-11-19)14-25-27-24(30)16-35-20-12-8-18(9-13-20)28(31)32/h2-14H,15-16H2,1H3,(H,26,29)(H,27,30)/b25-14-. The summed E-state index contributed by atoms with van der Waals surface area (Å²) in [7, 11) is 1.53. The molecule has 0 aliphatic carbocycles. The van der Waals surface area contributed by atoms with E-state index in [0.717, 1.165) is 10.5 Å². The Hall–Kier alpha value is -4.38. The summed E-state index contributed by atoms with van der Waals surface area (Å²) in [6, 6.07) is 19.9. The zero-order chi connectivity index (χ0) is 25.0. The molecule has 2 N–H and O–H groups in total. The number of nitro groups is 1. The van der Waals surface area contributed by atoms with Crippen LogP contribution in [-0.2, 0) is 9.59 Å². The molecule has 0 aliphatic heterocycles. The zero-order valence-corrected chi connectivity index (χ0v) is 19.5. The van der Waals surface area contributed by atoms with Crippen molar-refractivity contribution in [1.29, 1.82) is 0 Å². The van der Waals surface area contributed by atoms with Gasteiger partial charge in [0.05, 0.1) is 29.7 Å². The molecule has 0 atom stereocenters. The molecule has 3 aromatic rings. The topological polar surface area (TPSA) is 132 Å². The monoisotopic (exact) mass is 494 g/mol. The van der Waals surface area contributed by atoms with Crippen LogP contribution < -0.4 is 20.2 Å². The number of carbonyl (C=O) groups is 2. The third-order valence-corrected chi connectivity index (χ3v) is 5.46.